The van der Waals surface area contributed by atoms with Crippen molar-refractivity contribution in [1.29, 1.82) is 0 Å². The number of nitrogens with one attached hydrogen (secondary N) is 1. The van der Waals surface area contributed by atoms with Crippen molar-refractivity contribution in [2.24, 2.45) is 17.1 Å². The number of aryl methyl sites for hydroxylation is 1. The lowest BCUT2D eigenvalue weighted by molar-refractivity contribution is -0.137. The van der Waals surface area contributed by atoms with E-state index in [-0.39, 0.29) is 36.5 Å². The van der Waals surface area contributed by atoms with E-state index in [9.17, 15) is 18.8 Å². The van der Waals surface area contributed by atoms with Gasteiger partial charge in [0, 0.05) is 32.7 Å². The van der Waals surface area contributed by atoms with Crippen LogP contribution >= 0.6 is 0 Å². The monoisotopic (exact) mass is 403 g/mol. The minimum Gasteiger partial charge on any atom is -0.378 e. The van der Waals surface area contributed by atoms with E-state index in [1.165, 1.54) is 24.1 Å². The Morgan fingerprint density at radius 1 is 1.41 bits per heavy atom. The van der Waals surface area contributed by atoms with Crippen molar-refractivity contribution in [2.45, 2.75) is 32.9 Å². The Kier molecular flexibility index (Phi) is 5.75. The lowest BCUT2D eigenvalue weighted by atomic mass is 9.76. The molecule has 156 valence electrons. The van der Waals surface area contributed by atoms with Gasteiger partial charge in [-0.3, -0.25) is 14.4 Å². The van der Waals surface area contributed by atoms with Gasteiger partial charge in [0.05, 0.1) is 11.5 Å². The van der Waals surface area contributed by atoms with Gasteiger partial charge >= 0.3 is 0 Å². The molecule has 0 radical (unpaired) electrons. The number of nitrogens with two attached hydrogens (primary N) is 1. The first kappa shape index (κ1) is 21.0. The molecule has 0 aromatic heterocycles. The second kappa shape index (κ2) is 7.94. The molecule has 0 saturated heterocycles. The highest BCUT2D eigenvalue weighted by Gasteiger charge is 2.59. The van der Waals surface area contributed by atoms with E-state index < -0.39 is 23.1 Å². The number of hydrogen-bond acceptors (Lipinski definition) is 4. The summed E-state index contributed by atoms with van der Waals surface area (Å²) in [6.07, 6.45) is 1.91. The Morgan fingerprint density at radius 3 is 2.72 bits per heavy atom. The maximum atomic E-state index is 13.6. The molecule has 29 heavy (non-hydrogen) atoms. The molecule has 1 aliphatic carbocycles. The minimum atomic E-state index is -1.19. The lowest BCUT2D eigenvalue weighted by Gasteiger charge is -2.39. The predicted octanol–water partition coefficient (Wildman–Crippen LogP) is 1.05. The molecule has 2 aliphatic rings. The number of rotatable bonds is 7. The van der Waals surface area contributed by atoms with Crippen molar-refractivity contribution in [3.05, 3.63) is 46.8 Å². The van der Waals surface area contributed by atoms with E-state index in [1.54, 1.807) is 19.1 Å². The van der Waals surface area contributed by atoms with Gasteiger partial charge in [0.2, 0.25) is 5.91 Å². The van der Waals surface area contributed by atoms with Gasteiger partial charge in [0.15, 0.2) is 0 Å². The zero-order valence-corrected chi connectivity index (χ0v) is 16.8. The Balaban J connectivity index is 1.99. The summed E-state index contributed by atoms with van der Waals surface area (Å²) in [5.74, 6) is -2.20. The van der Waals surface area contributed by atoms with E-state index in [4.69, 9.17) is 10.5 Å². The number of hydrogen-bond donors (Lipinski definition) is 2. The number of halogens is 1. The minimum absolute atomic E-state index is 0.0479. The quantitative estimate of drug-likeness (QED) is 0.665. The molecule has 7 nitrogen and oxygen atoms in total. The van der Waals surface area contributed by atoms with Crippen LogP contribution in [0, 0.1) is 24.1 Å². The summed E-state index contributed by atoms with van der Waals surface area (Å²) in [6, 6.07) is 4.56. The highest BCUT2D eigenvalue weighted by molar-refractivity contribution is 6.19. The van der Waals surface area contributed by atoms with E-state index in [2.05, 4.69) is 5.32 Å². The number of benzene rings is 1. The average molecular weight is 403 g/mol. The van der Waals surface area contributed by atoms with Crippen molar-refractivity contribution in [3.8, 4) is 0 Å². The maximum Gasteiger partial charge on any atom is 0.259 e. The number of ether oxygens (including phenoxy) is 1. The number of carbonyl (C=O) groups excluding carboxylic acids is 3. The van der Waals surface area contributed by atoms with Crippen LogP contribution in [0.15, 0.2) is 29.8 Å². The van der Waals surface area contributed by atoms with Crippen molar-refractivity contribution in [3.63, 3.8) is 0 Å². The van der Waals surface area contributed by atoms with Gasteiger partial charge in [-0.05, 0) is 43.5 Å². The van der Waals surface area contributed by atoms with Crippen LogP contribution in [0.5, 0.6) is 0 Å². The summed E-state index contributed by atoms with van der Waals surface area (Å²) < 4.78 is 19.3. The summed E-state index contributed by atoms with van der Waals surface area (Å²) in [7, 11) is 1.42. The molecule has 1 aromatic rings. The third-order valence-corrected chi connectivity index (χ3v) is 5.67. The normalized spacial score (nSPS) is 26.1. The molecule has 3 atom stereocenters. The second-order valence-corrected chi connectivity index (χ2v) is 7.62. The molecular formula is C21H26FN3O4. The van der Waals surface area contributed by atoms with Crippen LogP contribution in [-0.2, 0) is 25.7 Å². The van der Waals surface area contributed by atoms with Crippen LogP contribution in [0.3, 0.4) is 0 Å². The molecule has 1 saturated carbocycles. The molecule has 1 heterocycles. The highest BCUT2D eigenvalue weighted by Crippen LogP contribution is 2.51. The Hall–Kier alpha value is -2.74. The van der Waals surface area contributed by atoms with E-state index in [0.29, 0.717) is 24.2 Å². The van der Waals surface area contributed by atoms with E-state index in [0.717, 1.165) is 0 Å². The largest absolute Gasteiger partial charge is 0.378 e. The standard InChI is InChI=1S/C21H26FN3O4/c1-4-29-17-8-15(17)21(20(23)28)9-14(18(26)24-3)19(27)25(11-21)10-13-5-6-16(22)12(2)7-13/h5-7,9,15,17H,4,8,10-11H2,1-3H3,(H2,23,28)(H,24,26)/t15-,17+,21?/m1/s1. The van der Waals surface area contributed by atoms with Crippen LogP contribution < -0.4 is 11.1 Å². The van der Waals surface area contributed by atoms with Crippen LogP contribution in [0.25, 0.3) is 0 Å². The zero-order chi connectivity index (χ0) is 21.3. The van der Waals surface area contributed by atoms with Gasteiger partial charge in [-0.1, -0.05) is 12.1 Å². The fourth-order valence-corrected chi connectivity index (χ4v) is 4.04. The first-order valence-electron chi connectivity index (χ1n) is 9.64. The Bertz CT molecular complexity index is 885. The topological polar surface area (TPSA) is 102 Å². The molecule has 0 spiro atoms. The Morgan fingerprint density at radius 2 is 2.14 bits per heavy atom. The van der Waals surface area contributed by atoms with Crippen LogP contribution in [0.2, 0.25) is 0 Å². The maximum absolute atomic E-state index is 13.6. The van der Waals surface area contributed by atoms with E-state index in [1.807, 2.05) is 6.92 Å². The summed E-state index contributed by atoms with van der Waals surface area (Å²) in [6.45, 7) is 4.18. The van der Waals surface area contributed by atoms with Gasteiger partial charge in [-0.2, -0.15) is 0 Å². The van der Waals surface area contributed by atoms with Gasteiger partial charge in [0.1, 0.15) is 11.4 Å². The average Bonchev–Trinajstić information content (AvgIpc) is 3.45. The molecule has 3 N–H and O–H groups in total. The van der Waals surface area contributed by atoms with Crippen molar-refractivity contribution < 1.29 is 23.5 Å². The number of carbonyl (C=O) groups is 3. The van der Waals surface area contributed by atoms with Crippen molar-refractivity contribution in [1.82, 2.24) is 10.2 Å². The molecular weight excluding hydrogens is 377 g/mol. The van der Waals surface area contributed by atoms with Crippen molar-refractivity contribution in [2.75, 3.05) is 20.2 Å². The molecule has 1 aliphatic heterocycles. The molecule has 1 aromatic carbocycles. The molecule has 1 fully saturated rings. The van der Waals surface area contributed by atoms with E-state index >= 15 is 0 Å². The zero-order valence-electron chi connectivity index (χ0n) is 16.8. The number of likely N-dealkylation sites (N-methyl/N-ethyl adjacent to an activating group) is 1. The predicted molar refractivity (Wildman–Crippen MR) is 104 cm³/mol. The lowest BCUT2D eigenvalue weighted by Crippen LogP contribution is -2.54. The third kappa shape index (κ3) is 3.89. The van der Waals surface area contributed by atoms with Crippen molar-refractivity contribution >= 4 is 17.7 Å². The Labute approximate surface area is 169 Å². The van der Waals surface area contributed by atoms with Gasteiger partial charge in [-0.15, -0.1) is 0 Å². The number of nitrogens with zero attached hydrogens (tertiary/aromatic N) is 1. The number of primary amides is 1. The van der Waals surface area contributed by atoms with Gasteiger partial charge in [-0.25, -0.2) is 4.39 Å². The first-order valence-corrected chi connectivity index (χ1v) is 9.64. The first-order chi connectivity index (χ1) is 13.7. The summed E-state index contributed by atoms with van der Waals surface area (Å²) >= 11 is 0. The van der Waals surface area contributed by atoms with Crippen LogP contribution in [0.1, 0.15) is 24.5 Å². The highest BCUT2D eigenvalue weighted by atomic mass is 19.1. The summed E-state index contributed by atoms with van der Waals surface area (Å²) in [5.41, 5.74) is 5.64. The third-order valence-electron chi connectivity index (χ3n) is 5.67. The molecule has 1 unspecified atom stereocenters. The van der Waals surface area contributed by atoms with Gasteiger partial charge in [0.25, 0.3) is 11.8 Å². The van der Waals surface area contributed by atoms with Gasteiger partial charge < -0.3 is 20.7 Å². The van der Waals surface area contributed by atoms with Crippen LogP contribution in [0.4, 0.5) is 4.39 Å². The molecule has 3 amide bonds. The molecule has 8 heteroatoms. The fourth-order valence-electron chi connectivity index (χ4n) is 4.04. The summed E-state index contributed by atoms with van der Waals surface area (Å²) in [4.78, 5) is 39.4. The molecule has 3 rings (SSSR count). The molecule has 0 bridgehead atoms. The fraction of sp³-hybridized carbons (Fsp3) is 0.476. The summed E-state index contributed by atoms with van der Waals surface area (Å²) in [5, 5.41) is 2.45. The second-order valence-electron chi connectivity index (χ2n) is 7.62. The smallest absolute Gasteiger partial charge is 0.259 e. The van der Waals surface area contributed by atoms with Crippen LogP contribution in [-0.4, -0.2) is 48.9 Å². The number of amides is 3. The SMILES string of the molecule is CCO[C@H]1C[C@H]1C1(C(N)=O)C=C(C(=O)NC)C(=O)N(Cc2ccc(F)c(C)c2)C1.